The molecule has 0 bridgehead atoms. The van der Waals surface area contributed by atoms with Gasteiger partial charge >= 0.3 is 0 Å². The van der Waals surface area contributed by atoms with E-state index in [2.05, 4.69) is 44.7 Å². The summed E-state index contributed by atoms with van der Waals surface area (Å²) in [6.07, 6.45) is 2.48. The van der Waals surface area contributed by atoms with Crippen molar-refractivity contribution in [2.24, 2.45) is 0 Å². The molecular weight excluding hydrogens is 396 g/mol. The zero-order valence-electron chi connectivity index (χ0n) is 17.3. The van der Waals surface area contributed by atoms with Gasteiger partial charge in [-0.2, -0.15) is 0 Å². The van der Waals surface area contributed by atoms with Crippen LogP contribution in [0.15, 0.2) is 48.1 Å². The number of rotatable bonds is 8. The van der Waals surface area contributed by atoms with E-state index in [4.69, 9.17) is 9.47 Å². The third kappa shape index (κ3) is 4.36. The van der Waals surface area contributed by atoms with Crippen molar-refractivity contribution in [2.45, 2.75) is 27.2 Å². The van der Waals surface area contributed by atoms with Gasteiger partial charge in [0.25, 0.3) is 0 Å². The van der Waals surface area contributed by atoms with Crippen LogP contribution in [0.2, 0.25) is 0 Å². The Balaban J connectivity index is 1.70. The van der Waals surface area contributed by atoms with E-state index in [-0.39, 0.29) is 0 Å². The van der Waals surface area contributed by atoms with Gasteiger partial charge in [0.1, 0.15) is 12.1 Å². The molecule has 1 N–H and O–H groups in total. The highest BCUT2D eigenvalue weighted by molar-refractivity contribution is 7.09. The highest BCUT2D eigenvalue weighted by Crippen LogP contribution is 2.35. The highest BCUT2D eigenvalue weighted by atomic mass is 32.1. The molecule has 0 unspecified atom stereocenters. The van der Waals surface area contributed by atoms with Gasteiger partial charge in [0, 0.05) is 28.1 Å². The Kier molecular flexibility index (Phi) is 6.09. The van der Waals surface area contributed by atoms with Crippen LogP contribution >= 0.6 is 11.3 Å². The van der Waals surface area contributed by atoms with Crippen LogP contribution < -0.4 is 14.8 Å². The lowest BCUT2D eigenvalue weighted by molar-refractivity contribution is 0.277. The molecule has 7 heteroatoms. The minimum atomic E-state index is 0.555. The van der Waals surface area contributed by atoms with Crippen molar-refractivity contribution in [3.63, 3.8) is 0 Å². The lowest BCUT2D eigenvalue weighted by Gasteiger charge is -2.14. The van der Waals surface area contributed by atoms with Crippen LogP contribution in [0.5, 0.6) is 11.5 Å². The number of aryl methyl sites for hydroxylation is 1. The average molecular weight is 421 g/mol. The summed E-state index contributed by atoms with van der Waals surface area (Å²) in [6.45, 7) is 7.23. The molecule has 0 fully saturated rings. The molecule has 0 spiro atoms. The van der Waals surface area contributed by atoms with Crippen molar-refractivity contribution in [2.75, 3.05) is 18.5 Å². The van der Waals surface area contributed by atoms with Gasteiger partial charge in [0.05, 0.1) is 29.4 Å². The van der Waals surface area contributed by atoms with Crippen molar-refractivity contribution in [1.82, 2.24) is 15.0 Å². The predicted octanol–water partition coefficient (Wildman–Crippen LogP) is 5.99. The molecule has 0 amide bonds. The van der Waals surface area contributed by atoms with E-state index in [0.717, 1.165) is 45.1 Å². The maximum atomic E-state index is 5.86. The third-order valence-corrected chi connectivity index (χ3v) is 5.28. The number of nitrogens with one attached hydrogen (secondary N) is 1. The molecule has 2 aromatic carbocycles. The number of ether oxygens (including phenoxy) is 2. The van der Waals surface area contributed by atoms with Gasteiger partial charge < -0.3 is 14.8 Å². The maximum absolute atomic E-state index is 5.86. The number of nitrogens with zero attached hydrogens (tertiary/aromatic N) is 3. The summed E-state index contributed by atoms with van der Waals surface area (Å²) in [5, 5.41) is 7.42. The first-order chi connectivity index (χ1) is 14.7. The van der Waals surface area contributed by atoms with Crippen LogP contribution in [0.25, 0.3) is 22.2 Å². The van der Waals surface area contributed by atoms with Crippen LogP contribution in [0.4, 0.5) is 11.5 Å². The fourth-order valence-electron chi connectivity index (χ4n) is 3.15. The first-order valence-corrected chi connectivity index (χ1v) is 10.9. The molecule has 0 radical (unpaired) electrons. The van der Waals surface area contributed by atoms with Crippen LogP contribution in [0.3, 0.4) is 0 Å². The number of anilines is 2. The zero-order valence-corrected chi connectivity index (χ0v) is 18.1. The first-order valence-electron chi connectivity index (χ1n) is 10.0. The molecule has 6 nitrogen and oxygen atoms in total. The van der Waals surface area contributed by atoms with E-state index >= 15 is 0 Å². The number of fused-ring (bicyclic) bond motifs is 1. The van der Waals surface area contributed by atoms with E-state index in [1.807, 2.05) is 38.1 Å². The monoisotopic (exact) mass is 420 g/mol. The number of benzene rings is 2. The van der Waals surface area contributed by atoms with Crippen molar-refractivity contribution < 1.29 is 9.47 Å². The summed E-state index contributed by atoms with van der Waals surface area (Å²) >= 11 is 1.65. The Morgan fingerprint density at radius 1 is 1.03 bits per heavy atom. The molecule has 0 aliphatic carbocycles. The molecule has 0 saturated carbocycles. The second-order valence-electron chi connectivity index (χ2n) is 6.78. The SMILES string of the molecule is CCCOc1cc2ncnc(Nc3cccc(-c4csc(C)n4)c3)c2cc1OCC. The number of hydrogen-bond donors (Lipinski definition) is 1. The van der Waals surface area contributed by atoms with E-state index in [1.54, 1.807) is 17.7 Å². The molecule has 2 aromatic heterocycles. The maximum Gasteiger partial charge on any atom is 0.163 e. The van der Waals surface area contributed by atoms with Crippen LogP contribution in [-0.4, -0.2) is 28.2 Å². The summed E-state index contributed by atoms with van der Waals surface area (Å²) in [7, 11) is 0. The second kappa shape index (κ2) is 9.09. The Hall–Kier alpha value is -3.19. The van der Waals surface area contributed by atoms with E-state index in [0.29, 0.717) is 24.7 Å². The van der Waals surface area contributed by atoms with Gasteiger partial charge in [-0.15, -0.1) is 11.3 Å². The smallest absolute Gasteiger partial charge is 0.163 e. The number of aromatic nitrogens is 3. The standard InChI is InChI=1S/C23H24N4O2S/c1-4-9-29-22-12-19-18(11-21(22)28-5-2)23(25-14-24-19)27-17-8-6-7-16(10-17)20-13-30-15(3)26-20/h6-8,10-14H,4-5,9H2,1-3H3,(H,24,25,27). The Bertz CT molecular complexity index is 1160. The molecule has 154 valence electrons. The normalized spacial score (nSPS) is 10.9. The summed E-state index contributed by atoms with van der Waals surface area (Å²) in [4.78, 5) is 13.5. The molecule has 0 atom stereocenters. The average Bonchev–Trinajstić information content (AvgIpc) is 3.19. The topological polar surface area (TPSA) is 69.2 Å². The molecule has 30 heavy (non-hydrogen) atoms. The first kappa shape index (κ1) is 20.1. The van der Waals surface area contributed by atoms with Crippen molar-refractivity contribution >= 4 is 33.7 Å². The highest BCUT2D eigenvalue weighted by Gasteiger charge is 2.13. The molecule has 0 aliphatic rings. The summed E-state index contributed by atoms with van der Waals surface area (Å²) in [6, 6.07) is 12.0. The van der Waals surface area contributed by atoms with Crippen molar-refractivity contribution in [3.05, 3.63) is 53.1 Å². The lowest BCUT2D eigenvalue weighted by Crippen LogP contribution is -2.02. The molecule has 4 rings (SSSR count). The van der Waals surface area contributed by atoms with Crippen molar-refractivity contribution in [3.8, 4) is 22.8 Å². The fraction of sp³-hybridized carbons (Fsp3) is 0.261. The Labute approximate surface area is 179 Å². The minimum Gasteiger partial charge on any atom is -0.490 e. The van der Waals surface area contributed by atoms with E-state index < -0.39 is 0 Å². The molecular formula is C23H24N4O2S. The van der Waals surface area contributed by atoms with Crippen LogP contribution in [-0.2, 0) is 0 Å². The third-order valence-electron chi connectivity index (χ3n) is 4.50. The van der Waals surface area contributed by atoms with Gasteiger partial charge in [0.15, 0.2) is 11.5 Å². The summed E-state index contributed by atoms with van der Waals surface area (Å²) in [5.74, 6) is 2.12. The number of hydrogen-bond acceptors (Lipinski definition) is 7. The fourth-order valence-corrected chi connectivity index (χ4v) is 3.77. The quantitative estimate of drug-likeness (QED) is 0.377. The predicted molar refractivity (Wildman–Crippen MR) is 122 cm³/mol. The second-order valence-corrected chi connectivity index (χ2v) is 7.84. The molecule has 0 aliphatic heterocycles. The number of thiazole rings is 1. The summed E-state index contributed by atoms with van der Waals surface area (Å²) < 4.78 is 11.7. The van der Waals surface area contributed by atoms with Crippen LogP contribution in [0.1, 0.15) is 25.3 Å². The molecule has 2 heterocycles. The van der Waals surface area contributed by atoms with Crippen LogP contribution in [0, 0.1) is 6.92 Å². The van der Waals surface area contributed by atoms with Gasteiger partial charge in [-0.1, -0.05) is 19.1 Å². The largest absolute Gasteiger partial charge is 0.490 e. The minimum absolute atomic E-state index is 0.555. The summed E-state index contributed by atoms with van der Waals surface area (Å²) in [5.41, 5.74) is 3.77. The Morgan fingerprint density at radius 3 is 2.67 bits per heavy atom. The molecule has 0 saturated heterocycles. The van der Waals surface area contributed by atoms with Gasteiger partial charge in [-0.3, -0.25) is 0 Å². The van der Waals surface area contributed by atoms with E-state index in [1.165, 1.54) is 0 Å². The lowest BCUT2D eigenvalue weighted by atomic mass is 10.1. The van der Waals surface area contributed by atoms with E-state index in [9.17, 15) is 0 Å². The van der Waals surface area contributed by atoms with Crippen molar-refractivity contribution in [1.29, 1.82) is 0 Å². The Morgan fingerprint density at radius 2 is 1.90 bits per heavy atom. The zero-order chi connectivity index (χ0) is 20.9. The van der Waals surface area contributed by atoms with Gasteiger partial charge in [-0.05, 0) is 38.5 Å². The molecule has 4 aromatic rings. The van der Waals surface area contributed by atoms with Gasteiger partial charge in [-0.25, -0.2) is 15.0 Å². The van der Waals surface area contributed by atoms with Gasteiger partial charge in [0.2, 0.25) is 0 Å².